The van der Waals surface area contributed by atoms with Crippen molar-refractivity contribution in [2.24, 2.45) is 0 Å². The number of hydrogen-bond donors (Lipinski definition) is 2. The molecular weight excluding hydrogens is 375 g/mol. The first-order chi connectivity index (χ1) is 12.6. The number of benzene rings is 2. The third-order valence-electron chi connectivity index (χ3n) is 3.47. The summed E-state index contributed by atoms with van der Waals surface area (Å²) < 4.78 is 5.26. The molecule has 2 aromatic carbocycles. The van der Waals surface area contributed by atoms with Gasteiger partial charge in [-0.3, -0.25) is 4.79 Å². The summed E-state index contributed by atoms with van der Waals surface area (Å²) in [6.45, 7) is 0. The van der Waals surface area contributed by atoms with Gasteiger partial charge >= 0.3 is 0 Å². The van der Waals surface area contributed by atoms with E-state index in [-0.39, 0.29) is 5.56 Å². The van der Waals surface area contributed by atoms with Crippen LogP contribution in [0, 0.1) is 0 Å². The van der Waals surface area contributed by atoms with Crippen LogP contribution in [0.3, 0.4) is 0 Å². The summed E-state index contributed by atoms with van der Waals surface area (Å²) >= 11 is 12.1. The van der Waals surface area contributed by atoms with E-state index in [2.05, 4.69) is 20.6 Å². The van der Waals surface area contributed by atoms with E-state index in [4.69, 9.17) is 27.9 Å². The highest BCUT2D eigenvalue weighted by molar-refractivity contribution is 6.40. The summed E-state index contributed by atoms with van der Waals surface area (Å²) in [7, 11) is 1.58. The van der Waals surface area contributed by atoms with Crippen LogP contribution in [0.1, 0.15) is 10.4 Å². The minimum atomic E-state index is -0.413. The largest absolute Gasteiger partial charge is 0.495 e. The minimum absolute atomic E-state index is 0.270. The van der Waals surface area contributed by atoms with Gasteiger partial charge in [0.15, 0.2) is 0 Å². The van der Waals surface area contributed by atoms with Crippen LogP contribution in [-0.4, -0.2) is 23.0 Å². The highest BCUT2D eigenvalue weighted by atomic mass is 35.5. The molecule has 0 aliphatic heterocycles. The van der Waals surface area contributed by atoms with Crippen molar-refractivity contribution in [3.63, 3.8) is 0 Å². The van der Waals surface area contributed by atoms with Gasteiger partial charge < -0.3 is 15.4 Å². The molecule has 8 heteroatoms. The first-order valence-electron chi connectivity index (χ1n) is 7.56. The zero-order valence-corrected chi connectivity index (χ0v) is 15.2. The molecule has 0 aliphatic carbocycles. The second kappa shape index (κ2) is 8.03. The molecule has 3 rings (SSSR count). The third-order valence-corrected chi connectivity index (χ3v) is 4.10. The van der Waals surface area contributed by atoms with Crippen molar-refractivity contribution in [2.45, 2.75) is 0 Å². The molecule has 2 N–H and O–H groups in total. The van der Waals surface area contributed by atoms with E-state index < -0.39 is 5.91 Å². The maximum absolute atomic E-state index is 12.3. The van der Waals surface area contributed by atoms with Crippen LogP contribution in [0.5, 0.6) is 5.75 Å². The number of hydrogen-bond acceptors (Lipinski definition) is 5. The predicted octanol–water partition coefficient (Wildman–Crippen LogP) is 4.79. The number of carbonyl (C=O) groups excluding carboxylic acids is 1. The van der Waals surface area contributed by atoms with Gasteiger partial charge in [-0.25, -0.2) is 9.97 Å². The molecule has 1 aromatic heterocycles. The second-order valence-electron chi connectivity index (χ2n) is 5.17. The third kappa shape index (κ3) is 4.04. The maximum Gasteiger partial charge on any atom is 0.258 e. The van der Waals surface area contributed by atoms with Crippen LogP contribution < -0.4 is 15.4 Å². The summed E-state index contributed by atoms with van der Waals surface area (Å²) in [6.07, 6.45) is 2.82. The van der Waals surface area contributed by atoms with Gasteiger partial charge in [0.2, 0.25) is 5.95 Å². The fourth-order valence-electron chi connectivity index (χ4n) is 2.18. The number of methoxy groups -OCH3 is 1. The van der Waals surface area contributed by atoms with Crippen molar-refractivity contribution in [1.82, 2.24) is 9.97 Å². The molecule has 0 spiro atoms. The SMILES string of the molecule is COc1ccccc1Nc1ncc(C(=O)Nc2c(Cl)cccc2Cl)cn1. The quantitative estimate of drug-likeness (QED) is 0.656. The van der Waals surface area contributed by atoms with Crippen LogP contribution in [0.4, 0.5) is 17.3 Å². The van der Waals surface area contributed by atoms with Gasteiger partial charge in [-0.2, -0.15) is 0 Å². The van der Waals surface area contributed by atoms with Gasteiger partial charge in [-0.05, 0) is 24.3 Å². The molecule has 0 saturated carbocycles. The first kappa shape index (κ1) is 18.0. The Labute approximate surface area is 160 Å². The average Bonchev–Trinajstić information content (AvgIpc) is 2.66. The number of ether oxygens (including phenoxy) is 1. The number of amides is 1. The monoisotopic (exact) mass is 388 g/mol. The van der Waals surface area contributed by atoms with E-state index in [1.165, 1.54) is 12.4 Å². The van der Waals surface area contributed by atoms with Crippen molar-refractivity contribution >= 4 is 46.4 Å². The molecule has 26 heavy (non-hydrogen) atoms. The van der Waals surface area contributed by atoms with Crippen molar-refractivity contribution < 1.29 is 9.53 Å². The van der Waals surface area contributed by atoms with Crippen LogP contribution in [0.25, 0.3) is 0 Å². The fourth-order valence-corrected chi connectivity index (χ4v) is 2.67. The fraction of sp³-hybridized carbons (Fsp3) is 0.0556. The van der Waals surface area contributed by atoms with Crippen molar-refractivity contribution in [3.8, 4) is 5.75 Å². The lowest BCUT2D eigenvalue weighted by Gasteiger charge is -2.10. The Balaban J connectivity index is 1.74. The summed E-state index contributed by atoms with van der Waals surface area (Å²) in [5.41, 5.74) is 1.33. The molecule has 0 saturated heterocycles. The Hall–Kier alpha value is -2.83. The summed E-state index contributed by atoms with van der Waals surface area (Å²) in [5.74, 6) is 0.581. The van der Waals surface area contributed by atoms with Crippen molar-refractivity contribution in [3.05, 3.63) is 70.5 Å². The summed E-state index contributed by atoms with van der Waals surface area (Å²) in [6, 6.07) is 12.3. The molecule has 6 nitrogen and oxygen atoms in total. The van der Waals surface area contributed by atoms with E-state index in [1.807, 2.05) is 24.3 Å². The Kier molecular flexibility index (Phi) is 5.55. The lowest BCUT2D eigenvalue weighted by atomic mass is 10.2. The molecule has 1 amide bonds. The Bertz CT molecular complexity index is 912. The molecule has 0 bridgehead atoms. The highest BCUT2D eigenvalue weighted by Gasteiger charge is 2.13. The van der Waals surface area contributed by atoms with Crippen LogP contribution in [0.15, 0.2) is 54.9 Å². The number of rotatable bonds is 5. The van der Waals surface area contributed by atoms with Gasteiger partial charge in [-0.15, -0.1) is 0 Å². The molecule has 0 radical (unpaired) electrons. The number of nitrogens with one attached hydrogen (secondary N) is 2. The first-order valence-corrected chi connectivity index (χ1v) is 8.31. The summed E-state index contributed by atoms with van der Waals surface area (Å²) in [4.78, 5) is 20.6. The Morgan fingerprint density at radius 2 is 1.65 bits per heavy atom. The normalized spacial score (nSPS) is 10.3. The van der Waals surface area contributed by atoms with Crippen LogP contribution in [0.2, 0.25) is 10.0 Å². The zero-order valence-electron chi connectivity index (χ0n) is 13.7. The maximum atomic E-state index is 12.3. The number of nitrogens with zero attached hydrogens (tertiary/aromatic N) is 2. The number of halogens is 2. The van der Waals surface area contributed by atoms with E-state index in [9.17, 15) is 4.79 Å². The second-order valence-corrected chi connectivity index (χ2v) is 5.99. The smallest absolute Gasteiger partial charge is 0.258 e. The van der Waals surface area contributed by atoms with Gasteiger partial charge in [0.1, 0.15) is 5.75 Å². The van der Waals surface area contributed by atoms with E-state index in [0.29, 0.717) is 27.4 Å². The predicted molar refractivity (Wildman–Crippen MR) is 103 cm³/mol. The van der Waals surface area contributed by atoms with Gasteiger partial charge in [-0.1, -0.05) is 41.4 Å². The average molecular weight is 389 g/mol. The molecule has 0 aliphatic rings. The van der Waals surface area contributed by atoms with E-state index >= 15 is 0 Å². The summed E-state index contributed by atoms with van der Waals surface area (Å²) in [5, 5.41) is 6.39. The topological polar surface area (TPSA) is 76.1 Å². The Morgan fingerprint density at radius 1 is 1.00 bits per heavy atom. The lowest BCUT2D eigenvalue weighted by Crippen LogP contribution is -2.13. The number of para-hydroxylation sites is 3. The molecule has 0 atom stereocenters. The van der Waals surface area contributed by atoms with Crippen LogP contribution >= 0.6 is 23.2 Å². The number of aromatic nitrogens is 2. The molecule has 0 unspecified atom stereocenters. The number of carbonyl (C=O) groups is 1. The Morgan fingerprint density at radius 3 is 2.31 bits per heavy atom. The molecule has 0 fully saturated rings. The highest BCUT2D eigenvalue weighted by Crippen LogP contribution is 2.30. The van der Waals surface area contributed by atoms with Crippen molar-refractivity contribution in [2.75, 3.05) is 17.7 Å². The lowest BCUT2D eigenvalue weighted by molar-refractivity contribution is 0.102. The molecule has 3 aromatic rings. The molecular formula is C18H14Cl2N4O2. The molecule has 132 valence electrons. The van der Waals surface area contributed by atoms with Gasteiger partial charge in [0, 0.05) is 12.4 Å². The van der Waals surface area contributed by atoms with Crippen molar-refractivity contribution in [1.29, 1.82) is 0 Å². The zero-order chi connectivity index (χ0) is 18.5. The standard InChI is InChI=1S/C18H14Cl2N4O2/c1-26-15-8-3-2-7-14(15)23-18-21-9-11(10-22-18)17(25)24-16-12(19)5-4-6-13(16)20/h2-10H,1H3,(H,24,25)(H,21,22,23). The van der Waals surface area contributed by atoms with E-state index in [0.717, 1.165) is 5.69 Å². The van der Waals surface area contributed by atoms with Gasteiger partial charge in [0.25, 0.3) is 5.91 Å². The van der Waals surface area contributed by atoms with Crippen LogP contribution in [-0.2, 0) is 0 Å². The molecule has 1 heterocycles. The number of anilines is 3. The minimum Gasteiger partial charge on any atom is -0.495 e. The van der Waals surface area contributed by atoms with E-state index in [1.54, 1.807) is 25.3 Å². The van der Waals surface area contributed by atoms with Gasteiger partial charge in [0.05, 0.1) is 34.1 Å².